The number of ether oxygens (including phenoxy) is 2. The first kappa shape index (κ1) is 30.6. The van der Waals surface area contributed by atoms with Crippen molar-refractivity contribution >= 4 is 64.7 Å². The van der Waals surface area contributed by atoms with Gasteiger partial charge in [-0.15, -0.1) is 0 Å². The lowest BCUT2D eigenvalue weighted by Crippen LogP contribution is -2.64. The van der Waals surface area contributed by atoms with Gasteiger partial charge in [-0.05, 0) is 31.4 Å². The van der Waals surface area contributed by atoms with E-state index in [1.165, 1.54) is 18.2 Å². The number of amides is 4. The molecule has 3 N–H and O–H groups in total. The number of carbonyl (C=O) groups is 7. The number of carboxylic acid groups (broad SMARTS) is 1. The van der Waals surface area contributed by atoms with Crippen molar-refractivity contribution in [3.8, 4) is 0 Å². The molecule has 3 atom stereocenters. The van der Waals surface area contributed by atoms with Crippen LogP contribution in [0.4, 0.5) is 4.79 Å². The highest BCUT2D eigenvalue weighted by Crippen LogP contribution is 2.26. The second-order valence-corrected chi connectivity index (χ2v) is 9.69. The third-order valence-electron chi connectivity index (χ3n) is 6.21. The molecule has 2 aliphatic rings. The molecular weight excluding hydrogens is 575 g/mol. The smallest absolute Gasteiger partial charge is 0.407 e. The molecule has 0 spiro atoms. The molecule has 14 nitrogen and oxygen atoms in total. The molecule has 0 unspecified atom stereocenters. The standard InChI is InChI=1S/C24H26Cl2N4O10/c1-39-24(38)28-14-7-8-18(32)29-9-3-6-16(30(29)22(14)36)21(35)27-15(10-19(33)34)23(37)40-11-17(31)20-12(25)4-2-5-13(20)26/h2,4-5,14-16H,3,6-11H2,1H3,(H,27,35)(H,28,38)(H,33,34)/t14-,15-,16-/m0/s1. The van der Waals surface area contributed by atoms with Crippen LogP contribution in [-0.4, -0.2) is 95.0 Å². The minimum atomic E-state index is -1.74. The molecule has 3 rings (SSSR count). The highest BCUT2D eigenvalue weighted by Gasteiger charge is 2.45. The first-order chi connectivity index (χ1) is 18.9. The van der Waals surface area contributed by atoms with Crippen molar-refractivity contribution in [2.45, 2.75) is 50.2 Å². The largest absolute Gasteiger partial charge is 0.481 e. The summed E-state index contributed by atoms with van der Waals surface area (Å²) in [6.45, 7) is -0.710. The van der Waals surface area contributed by atoms with Crippen molar-refractivity contribution in [2.75, 3.05) is 20.3 Å². The Labute approximate surface area is 237 Å². The Morgan fingerprint density at radius 2 is 1.80 bits per heavy atom. The molecule has 2 saturated heterocycles. The summed E-state index contributed by atoms with van der Waals surface area (Å²) in [5.74, 6) is -5.60. The van der Waals surface area contributed by atoms with Gasteiger partial charge in [0.05, 0.1) is 29.1 Å². The fourth-order valence-electron chi connectivity index (χ4n) is 4.32. The van der Waals surface area contributed by atoms with E-state index in [4.69, 9.17) is 27.9 Å². The molecule has 0 saturated carbocycles. The van der Waals surface area contributed by atoms with Gasteiger partial charge in [0, 0.05) is 13.0 Å². The first-order valence-electron chi connectivity index (χ1n) is 12.1. The van der Waals surface area contributed by atoms with E-state index in [9.17, 15) is 38.7 Å². The number of hydrogen-bond acceptors (Lipinski definition) is 9. The monoisotopic (exact) mass is 600 g/mol. The molecule has 1 aromatic rings. The van der Waals surface area contributed by atoms with Crippen molar-refractivity contribution in [3.05, 3.63) is 33.8 Å². The van der Waals surface area contributed by atoms with Gasteiger partial charge in [-0.25, -0.2) is 14.6 Å². The number of benzene rings is 1. The van der Waals surface area contributed by atoms with Gasteiger partial charge >= 0.3 is 18.0 Å². The number of rotatable bonds is 9. The topological polar surface area (TPSA) is 189 Å². The van der Waals surface area contributed by atoms with Crippen LogP contribution in [0.5, 0.6) is 0 Å². The maximum atomic E-state index is 13.3. The number of nitrogens with zero attached hydrogens (tertiary/aromatic N) is 2. The quantitative estimate of drug-likeness (QED) is 0.271. The zero-order valence-corrected chi connectivity index (χ0v) is 22.7. The van der Waals surface area contributed by atoms with Crippen LogP contribution in [0.3, 0.4) is 0 Å². The first-order valence-corrected chi connectivity index (χ1v) is 12.8. The molecular formula is C24H26Cl2N4O10. The maximum absolute atomic E-state index is 13.3. The van der Waals surface area contributed by atoms with Gasteiger partial charge in [-0.2, -0.15) is 0 Å². The third kappa shape index (κ3) is 7.18. The Kier molecular flexibility index (Phi) is 10.3. The Hall–Kier alpha value is -3.91. The number of Topliss-reactive ketones (excluding diaryl/α,β-unsaturated/α-hetero) is 1. The van der Waals surface area contributed by atoms with E-state index in [-0.39, 0.29) is 41.4 Å². The van der Waals surface area contributed by atoms with Crippen LogP contribution in [0, 0.1) is 0 Å². The maximum Gasteiger partial charge on any atom is 0.407 e. The number of nitrogens with one attached hydrogen (secondary N) is 2. The average molecular weight is 601 g/mol. The van der Waals surface area contributed by atoms with Gasteiger partial charge in [0.2, 0.25) is 17.6 Å². The van der Waals surface area contributed by atoms with Gasteiger partial charge in [0.1, 0.15) is 18.1 Å². The highest BCUT2D eigenvalue weighted by atomic mass is 35.5. The molecule has 4 amide bonds. The minimum absolute atomic E-state index is 0.0162. The zero-order valence-electron chi connectivity index (χ0n) is 21.2. The molecule has 2 aliphatic heterocycles. The number of alkyl carbamates (subject to hydrolysis) is 1. The molecule has 2 fully saturated rings. The zero-order chi connectivity index (χ0) is 29.6. The lowest BCUT2D eigenvalue weighted by atomic mass is 10.0. The van der Waals surface area contributed by atoms with Crippen molar-refractivity contribution in [1.29, 1.82) is 0 Å². The summed E-state index contributed by atoms with van der Waals surface area (Å²) in [5, 5.41) is 15.9. The van der Waals surface area contributed by atoms with E-state index in [1.807, 2.05) is 0 Å². The highest BCUT2D eigenvalue weighted by molar-refractivity contribution is 6.39. The van der Waals surface area contributed by atoms with E-state index < -0.39 is 72.7 Å². The van der Waals surface area contributed by atoms with Crippen molar-refractivity contribution in [3.63, 3.8) is 0 Å². The fourth-order valence-corrected chi connectivity index (χ4v) is 4.93. The predicted octanol–water partition coefficient (Wildman–Crippen LogP) is 0.932. The van der Waals surface area contributed by atoms with E-state index in [0.717, 1.165) is 17.1 Å². The minimum Gasteiger partial charge on any atom is -0.481 e. The van der Waals surface area contributed by atoms with Crippen LogP contribution in [0.15, 0.2) is 18.2 Å². The number of halogens is 2. The number of carboxylic acids is 1. The third-order valence-corrected chi connectivity index (χ3v) is 6.84. The van der Waals surface area contributed by atoms with Crippen molar-refractivity contribution in [2.24, 2.45) is 0 Å². The summed E-state index contributed by atoms with van der Waals surface area (Å²) in [5.41, 5.74) is -0.0980. The van der Waals surface area contributed by atoms with Crippen LogP contribution in [-0.2, 0) is 33.4 Å². The second kappa shape index (κ2) is 13.4. The summed E-state index contributed by atoms with van der Waals surface area (Å²) in [4.78, 5) is 87.7. The Morgan fingerprint density at radius 3 is 2.42 bits per heavy atom. The fraction of sp³-hybridized carbons (Fsp3) is 0.458. The Bertz CT molecular complexity index is 1210. The summed E-state index contributed by atoms with van der Waals surface area (Å²) in [6.07, 6.45) is -1.54. The van der Waals surface area contributed by atoms with Crippen LogP contribution < -0.4 is 10.6 Å². The van der Waals surface area contributed by atoms with Crippen LogP contribution in [0.25, 0.3) is 0 Å². The van der Waals surface area contributed by atoms with E-state index in [0.29, 0.717) is 6.42 Å². The lowest BCUT2D eigenvalue weighted by molar-refractivity contribution is -0.176. The number of esters is 1. The van der Waals surface area contributed by atoms with E-state index in [1.54, 1.807) is 0 Å². The van der Waals surface area contributed by atoms with Gasteiger partial charge in [-0.3, -0.25) is 29.0 Å². The number of fused-ring (bicyclic) bond motifs is 1. The number of hydrazine groups is 1. The number of carbonyl (C=O) groups excluding carboxylic acids is 6. The van der Waals surface area contributed by atoms with Crippen molar-refractivity contribution in [1.82, 2.24) is 20.7 Å². The molecule has 16 heteroatoms. The van der Waals surface area contributed by atoms with Crippen molar-refractivity contribution < 1.29 is 48.1 Å². The summed E-state index contributed by atoms with van der Waals surface area (Å²) >= 11 is 12.0. The summed E-state index contributed by atoms with van der Waals surface area (Å²) in [7, 11) is 1.10. The van der Waals surface area contributed by atoms with Gasteiger partial charge < -0.3 is 25.2 Å². The molecule has 0 aromatic heterocycles. The predicted molar refractivity (Wildman–Crippen MR) is 136 cm³/mol. The van der Waals surface area contributed by atoms with Crippen LogP contribution in [0.1, 0.15) is 42.5 Å². The molecule has 2 heterocycles. The normalized spacial score (nSPS) is 19.6. The summed E-state index contributed by atoms with van der Waals surface area (Å²) < 4.78 is 9.50. The molecule has 0 aliphatic carbocycles. The Morgan fingerprint density at radius 1 is 1.12 bits per heavy atom. The lowest BCUT2D eigenvalue weighted by Gasteiger charge is -2.43. The molecule has 1 aromatic carbocycles. The van der Waals surface area contributed by atoms with E-state index in [2.05, 4.69) is 15.4 Å². The number of hydrogen-bond donors (Lipinski definition) is 3. The van der Waals surface area contributed by atoms with E-state index >= 15 is 0 Å². The molecule has 40 heavy (non-hydrogen) atoms. The molecule has 216 valence electrons. The number of ketones is 1. The Balaban J connectivity index is 1.76. The number of aliphatic carboxylic acids is 1. The molecule has 0 bridgehead atoms. The SMILES string of the molecule is COC(=O)N[C@H]1CCC(=O)N2CCC[C@@H](C(=O)N[C@@H](CC(=O)O)C(=O)OCC(=O)c3c(Cl)cccc3Cl)N2C1=O. The van der Waals surface area contributed by atoms with Gasteiger partial charge in [-0.1, -0.05) is 29.3 Å². The van der Waals surface area contributed by atoms with Crippen LogP contribution >= 0.6 is 23.2 Å². The molecule has 0 radical (unpaired) electrons. The van der Waals surface area contributed by atoms with Gasteiger partial charge in [0.25, 0.3) is 5.91 Å². The number of methoxy groups -OCH3 is 1. The van der Waals surface area contributed by atoms with Crippen LogP contribution in [0.2, 0.25) is 10.0 Å². The second-order valence-electron chi connectivity index (χ2n) is 8.87. The average Bonchev–Trinajstić information content (AvgIpc) is 3.02. The summed E-state index contributed by atoms with van der Waals surface area (Å²) in [6, 6.07) is 0.105. The van der Waals surface area contributed by atoms with Gasteiger partial charge in [0.15, 0.2) is 6.61 Å².